The Bertz CT molecular complexity index is 1260. The van der Waals surface area contributed by atoms with Gasteiger partial charge in [0.25, 0.3) is 10.0 Å². The topological polar surface area (TPSA) is 107 Å². The predicted molar refractivity (Wildman–Crippen MR) is 115 cm³/mol. The molecule has 0 saturated carbocycles. The van der Waals surface area contributed by atoms with Gasteiger partial charge in [-0.1, -0.05) is 12.1 Å². The number of esters is 1. The van der Waals surface area contributed by atoms with Gasteiger partial charge in [0.2, 0.25) is 0 Å². The Kier molecular flexibility index (Phi) is 6.47. The highest BCUT2D eigenvalue weighted by molar-refractivity contribution is 7.90. The third-order valence-electron chi connectivity index (χ3n) is 4.40. The molecular weight excluding hydrogens is 457 g/mol. The summed E-state index contributed by atoms with van der Waals surface area (Å²) in [6.45, 7) is 0.315. The van der Waals surface area contributed by atoms with Gasteiger partial charge in [-0.05, 0) is 36.4 Å². The maximum absolute atomic E-state index is 12.9. The van der Waals surface area contributed by atoms with E-state index in [1.165, 1.54) is 41.7 Å². The van der Waals surface area contributed by atoms with Crippen molar-refractivity contribution in [3.8, 4) is 5.75 Å². The molecule has 11 heteroatoms. The Morgan fingerprint density at radius 3 is 2.72 bits per heavy atom. The molecule has 0 fully saturated rings. The van der Waals surface area contributed by atoms with Crippen molar-refractivity contribution in [2.45, 2.75) is 24.5 Å². The number of carbonyl (C=O) groups excluding carboxylic acids is 1. The third-order valence-corrected chi connectivity index (χ3v) is 6.67. The molecule has 0 unspecified atom stereocenters. The lowest BCUT2D eigenvalue weighted by Gasteiger charge is -2.03. The number of hydrogen-bond acceptors (Lipinski definition) is 8. The molecule has 166 valence electrons. The van der Waals surface area contributed by atoms with Crippen LogP contribution < -0.4 is 9.46 Å². The molecule has 0 bridgehead atoms. The van der Waals surface area contributed by atoms with E-state index in [4.69, 9.17) is 9.47 Å². The van der Waals surface area contributed by atoms with Gasteiger partial charge in [-0.25, -0.2) is 17.8 Å². The van der Waals surface area contributed by atoms with E-state index in [2.05, 4.69) is 14.7 Å². The zero-order chi connectivity index (χ0) is 22.6. The smallest absolute Gasteiger partial charge is 0.308 e. The van der Waals surface area contributed by atoms with Crippen LogP contribution in [0.2, 0.25) is 0 Å². The summed E-state index contributed by atoms with van der Waals surface area (Å²) >= 11 is 1.36. The zero-order valence-corrected chi connectivity index (χ0v) is 18.3. The Balaban J connectivity index is 1.23. The molecule has 1 aromatic heterocycles. The summed E-state index contributed by atoms with van der Waals surface area (Å²) in [5.74, 6) is -0.0564. The zero-order valence-electron chi connectivity index (χ0n) is 16.7. The number of ether oxygens (including phenoxy) is 2. The van der Waals surface area contributed by atoms with Crippen LogP contribution in [0.4, 0.5) is 4.39 Å². The van der Waals surface area contributed by atoms with Gasteiger partial charge in [-0.15, -0.1) is 11.3 Å². The molecule has 0 aliphatic carbocycles. The summed E-state index contributed by atoms with van der Waals surface area (Å²) in [6, 6.07) is 12.2. The van der Waals surface area contributed by atoms with E-state index in [1.54, 1.807) is 23.6 Å². The van der Waals surface area contributed by atoms with Crippen molar-refractivity contribution in [3.63, 3.8) is 0 Å². The van der Waals surface area contributed by atoms with E-state index >= 15 is 0 Å². The summed E-state index contributed by atoms with van der Waals surface area (Å²) in [5, 5.41) is 2.46. The summed E-state index contributed by atoms with van der Waals surface area (Å²) in [5.41, 5.74) is 1.07. The number of nitrogens with zero attached hydrogens (tertiary/aromatic N) is 2. The van der Waals surface area contributed by atoms with Crippen molar-refractivity contribution >= 4 is 33.2 Å². The fraction of sp³-hybridized carbons (Fsp3) is 0.190. The molecule has 1 aliphatic heterocycles. The maximum atomic E-state index is 12.9. The number of hydrogen-bond donors (Lipinski definition) is 1. The minimum Gasteiger partial charge on any atom is -0.486 e. The van der Waals surface area contributed by atoms with Gasteiger partial charge in [0, 0.05) is 10.9 Å². The molecule has 0 saturated heterocycles. The number of sulfonamides is 1. The number of thiazole rings is 1. The molecule has 2 heterocycles. The molecule has 0 atom stereocenters. The van der Waals surface area contributed by atoms with Crippen LogP contribution in [0, 0.1) is 5.82 Å². The van der Waals surface area contributed by atoms with E-state index in [9.17, 15) is 17.6 Å². The van der Waals surface area contributed by atoms with Crippen molar-refractivity contribution in [2.24, 2.45) is 4.99 Å². The minimum atomic E-state index is -3.60. The summed E-state index contributed by atoms with van der Waals surface area (Å²) in [6.07, 6.45) is -0.00192. The lowest BCUT2D eigenvalue weighted by atomic mass is 10.2. The number of rotatable bonds is 8. The first-order valence-corrected chi connectivity index (χ1v) is 11.9. The molecule has 0 radical (unpaired) electrons. The van der Waals surface area contributed by atoms with Gasteiger partial charge < -0.3 is 9.47 Å². The van der Waals surface area contributed by atoms with Crippen LogP contribution in [0.3, 0.4) is 0 Å². The van der Waals surface area contributed by atoms with Gasteiger partial charge in [-0.3, -0.25) is 14.5 Å². The average Bonchev–Trinajstić information content (AvgIpc) is 3.34. The second-order valence-electron chi connectivity index (χ2n) is 6.72. The first-order chi connectivity index (χ1) is 15.4. The Morgan fingerprint density at radius 1 is 1.12 bits per heavy atom. The largest absolute Gasteiger partial charge is 0.486 e. The van der Waals surface area contributed by atoms with Crippen LogP contribution in [-0.4, -0.2) is 31.8 Å². The Morgan fingerprint density at radius 2 is 1.91 bits per heavy atom. The van der Waals surface area contributed by atoms with Crippen LogP contribution in [0.25, 0.3) is 0 Å². The molecule has 2 aromatic carbocycles. The highest BCUT2D eigenvalue weighted by Gasteiger charge is 2.29. The number of aliphatic imine (C=N–C) groups is 1. The Labute approximate surface area is 187 Å². The highest BCUT2D eigenvalue weighted by Crippen LogP contribution is 2.22. The number of aromatic nitrogens is 1. The molecule has 1 N–H and O–H groups in total. The van der Waals surface area contributed by atoms with Gasteiger partial charge >= 0.3 is 5.97 Å². The third kappa shape index (κ3) is 5.29. The van der Waals surface area contributed by atoms with Crippen molar-refractivity contribution in [1.82, 2.24) is 9.71 Å². The molecule has 32 heavy (non-hydrogen) atoms. The standard InChI is InChI=1S/C21H18FN3O5S2/c22-14-5-7-16(8-6-14)29-12-19-24-15(13-31-19)11-30-20(26)9-10-23-21-17-3-1-2-4-18(17)32(27,28)25-21/h1-8,13H,9-12H2,(H,23,25). The fourth-order valence-corrected chi connectivity index (χ4v) is 4.83. The molecule has 3 aromatic rings. The Hall–Kier alpha value is -3.31. The van der Waals surface area contributed by atoms with Crippen molar-refractivity contribution < 1.29 is 27.1 Å². The molecule has 1 aliphatic rings. The van der Waals surface area contributed by atoms with E-state index < -0.39 is 16.0 Å². The predicted octanol–water partition coefficient (Wildman–Crippen LogP) is 3.03. The summed E-state index contributed by atoms with van der Waals surface area (Å²) in [4.78, 5) is 20.7. The van der Waals surface area contributed by atoms with Crippen LogP contribution in [-0.2, 0) is 32.8 Å². The second-order valence-corrected chi connectivity index (χ2v) is 9.31. The van der Waals surface area contributed by atoms with Gasteiger partial charge in [0.05, 0.1) is 23.6 Å². The first-order valence-electron chi connectivity index (χ1n) is 9.55. The normalized spacial score (nSPS) is 15.2. The molecular formula is C21H18FN3O5S2. The average molecular weight is 476 g/mol. The fourth-order valence-electron chi connectivity index (χ4n) is 2.89. The lowest BCUT2D eigenvalue weighted by molar-refractivity contribution is -0.144. The van der Waals surface area contributed by atoms with E-state index in [-0.39, 0.29) is 42.7 Å². The van der Waals surface area contributed by atoms with Gasteiger partial charge in [0.1, 0.15) is 35.6 Å². The van der Waals surface area contributed by atoms with Crippen molar-refractivity contribution in [1.29, 1.82) is 0 Å². The van der Waals surface area contributed by atoms with Crippen LogP contribution in [0.1, 0.15) is 22.7 Å². The number of carbonyl (C=O) groups is 1. The number of fused-ring (bicyclic) bond motifs is 1. The number of amidine groups is 1. The van der Waals surface area contributed by atoms with Gasteiger partial charge in [-0.2, -0.15) is 0 Å². The van der Waals surface area contributed by atoms with Crippen LogP contribution >= 0.6 is 11.3 Å². The highest BCUT2D eigenvalue weighted by atomic mass is 32.2. The van der Waals surface area contributed by atoms with Crippen molar-refractivity contribution in [3.05, 3.63) is 76.0 Å². The molecule has 0 amide bonds. The lowest BCUT2D eigenvalue weighted by Crippen LogP contribution is -2.22. The minimum absolute atomic E-state index is 0.00192. The van der Waals surface area contributed by atoms with Crippen LogP contribution in [0.5, 0.6) is 5.75 Å². The van der Waals surface area contributed by atoms with Crippen LogP contribution in [0.15, 0.2) is 63.8 Å². The SMILES string of the molecule is O=C(CCN=C1NS(=O)(=O)c2ccccc21)OCc1csc(COc2ccc(F)cc2)n1. The number of halogens is 1. The summed E-state index contributed by atoms with van der Waals surface area (Å²) in [7, 11) is -3.60. The number of nitrogens with one attached hydrogen (secondary N) is 1. The molecule has 4 rings (SSSR count). The van der Waals surface area contributed by atoms with Crippen molar-refractivity contribution in [2.75, 3.05) is 6.54 Å². The van der Waals surface area contributed by atoms with Gasteiger partial charge in [0.15, 0.2) is 0 Å². The molecule has 0 spiro atoms. The van der Waals surface area contributed by atoms with E-state index in [0.29, 0.717) is 22.0 Å². The first kappa shape index (κ1) is 21.9. The van der Waals surface area contributed by atoms with E-state index in [0.717, 1.165) is 0 Å². The molecule has 8 nitrogen and oxygen atoms in total. The maximum Gasteiger partial charge on any atom is 0.308 e. The quantitative estimate of drug-likeness (QED) is 0.502. The number of benzene rings is 2. The van der Waals surface area contributed by atoms with E-state index in [1.807, 2.05) is 0 Å². The summed E-state index contributed by atoms with van der Waals surface area (Å²) < 4.78 is 50.1. The second kappa shape index (κ2) is 9.45. The monoisotopic (exact) mass is 475 g/mol.